The highest BCUT2D eigenvalue weighted by Gasteiger charge is 2.06. The van der Waals surface area contributed by atoms with E-state index in [9.17, 15) is 0 Å². The van der Waals surface area contributed by atoms with Gasteiger partial charge in [0.25, 0.3) is 0 Å². The first kappa shape index (κ1) is 9.58. The zero-order chi connectivity index (χ0) is 8.27. The maximum Gasteiger partial charge on any atom is 0.0481 e. The normalized spacial score (nSPS) is 13.4. The molecule has 11 heavy (non-hydrogen) atoms. The summed E-state index contributed by atoms with van der Waals surface area (Å²) in [4.78, 5) is 1.26. The van der Waals surface area contributed by atoms with Gasteiger partial charge in [-0.1, -0.05) is 0 Å². The van der Waals surface area contributed by atoms with Crippen molar-refractivity contribution < 1.29 is 0 Å². The molecule has 0 aromatic carbocycles. The van der Waals surface area contributed by atoms with E-state index >= 15 is 0 Å². The van der Waals surface area contributed by atoms with Crippen LogP contribution in [0.1, 0.15) is 10.9 Å². The van der Waals surface area contributed by atoms with E-state index < -0.39 is 0 Å². The van der Waals surface area contributed by atoms with Gasteiger partial charge in [-0.3, -0.25) is 0 Å². The molecule has 0 aliphatic rings. The number of halogens is 1. The number of thioether (sulfide) groups is 1. The van der Waals surface area contributed by atoms with Crippen molar-refractivity contribution in [2.24, 2.45) is 5.73 Å². The topological polar surface area (TPSA) is 26.0 Å². The van der Waals surface area contributed by atoms with Gasteiger partial charge in [0.2, 0.25) is 0 Å². The van der Waals surface area contributed by atoms with E-state index in [0.717, 1.165) is 10.2 Å². The Balaban J connectivity index is 2.60. The van der Waals surface area contributed by atoms with Gasteiger partial charge < -0.3 is 5.73 Å². The molecule has 1 aromatic rings. The van der Waals surface area contributed by atoms with Crippen LogP contribution in [0.5, 0.6) is 0 Å². The summed E-state index contributed by atoms with van der Waals surface area (Å²) >= 11 is 6.89. The smallest absolute Gasteiger partial charge is 0.0481 e. The highest BCUT2D eigenvalue weighted by Crippen LogP contribution is 2.25. The van der Waals surface area contributed by atoms with Crippen LogP contribution in [0.3, 0.4) is 0 Å². The summed E-state index contributed by atoms with van der Waals surface area (Å²) < 4.78 is 1.13. The third kappa shape index (κ3) is 2.78. The Kier molecular flexibility index (Phi) is 3.92. The van der Waals surface area contributed by atoms with Crippen molar-refractivity contribution in [1.82, 2.24) is 0 Å². The van der Waals surface area contributed by atoms with Crippen molar-refractivity contribution in [3.05, 3.63) is 20.8 Å². The Morgan fingerprint density at radius 2 is 2.55 bits per heavy atom. The van der Waals surface area contributed by atoms with Crippen molar-refractivity contribution in [3.8, 4) is 0 Å². The lowest BCUT2D eigenvalue weighted by Crippen LogP contribution is -2.10. The van der Waals surface area contributed by atoms with E-state index in [1.54, 1.807) is 23.1 Å². The summed E-state index contributed by atoms with van der Waals surface area (Å²) in [5.74, 6) is 0.993. The molecule has 1 rings (SSSR count). The van der Waals surface area contributed by atoms with Crippen molar-refractivity contribution in [1.29, 1.82) is 0 Å². The van der Waals surface area contributed by atoms with Crippen LogP contribution in [-0.4, -0.2) is 12.0 Å². The van der Waals surface area contributed by atoms with E-state index in [0.29, 0.717) is 0 Å². The average Bonchev–Trinajstić information content (AvgIpc) is 2.36. The molecule has 0 saturated heterocycles. The van der Waals surface area contributed by atoms with Gasteiger partial charge in [0, 0.05) is 26.5 Å². The molecule has 1 unspecified atom stereocenters. The Morgan fingerprint density at radius 3 is 3.00 bits per heavy atom. The van der Waals surface area contributed by atoms with Crippen molar-refractivity contribution >= 4 is 39.0 Å². The minimum absolute atomic E-state index is 0.196. The van der Waals surface area contributed by atoms with Gasteiger partial charge in [0.05, 0.1) is 0 Å². The minimum atomic E-state index is 0.196. The lowest BCUT2D eigenvalue weighted by Gasteiger charge is -2.05. The molecule has 0 fully saturated rings. The molecule has 0 saturated carbocycles. The fourth-order valence-electron chi connectivity index (χ4n) is 0.784. The van der Waals surface area contributed by atoms with E-state index in [1.165, 1.54) is 4.88 Å². The quantitative estimate of drug-likeness (QED) is 0.895. The van der Waals surface area contributed by atoms with Crippen LogP contribution in [0, 0.1) is 0 Å². The molecule has 0 aliphatic heterocycles. The third-order valence-corrected chi connectivity index (χ3v) is 3.82. The van der Waals surface area contributed by atoms with Crippen LogP contribution in [-0.2, 0) is 0 Å². The summed E-state index contributed by atoms with van der Waals surface area (Å²) in [6, 6.07) is 2.28. The van der Waals surface area contributed by atoms with Gasteiger partial charge in [-0.15, -0.1) is 11.3 Å². The summed E-state index contributed by atoms with van der Waals surface area (Å²) in [5.41, 5.74) is 5.89. The highest BCUT2D eigenvalue weighted by atomic mass is 79.9. The molecule has 0 bridgehead atoms. The second-order valence-corrected chi connectivity index (χ2v) is 5.00. The second-order valence-electron chi connectivity index (χ2n) is 2.23. The van der Waals surface area contributed by atoms with E-state index in [1.807, 2.05) is 0 Å². The van der Waals surface area contributed by atoms with Crippen LogP contribution in [0.2, 0.25) is 0 Å². The zero-order valence-corrected chi connectivity index (χ0v) is 9.43. The van der Waals surface area contributed by atoms with Crippen molar-refractivity contribution in [2.75, 3.05) is 12.0 Å². The van der Waals surface area contributed by atoms with Crippen LogP contribution in [0.4, 0.5) is 0 Å². The van der Waals surface area contributed by atoms with Crippen molar-refractivity contribution in [2.45, 2.75) is 6.04 Å². The van der Waals surface area contributed by atoms with E-state index in [-0.39, 0.29) is 6.04 Å². The van der Waals surface area contributed by atoms with Gasteiger partial charge in [0.15, 0.2) is 0 Å². The number of nitrogens with two attached hydrogens (primary N) is 1. The molecule has 1 aromatic heterocycles. The Bertz CT molecular complexity index is 224. The fraction of sp³-hybridized carbons (Fsp3) is 0.429. The maximum absolute atomic E-state index is 5.89. The monoisotopic (exact) mass is 251 g/mol. The Morgan fingerprint density at radius 1 is 1.82 bits per heavy atom. The highest BCUT2D eigenvalue weighted by molar-refractivity contribution is 9.10. The predicted molar refractivity (Wildman–Crippen MR) is 57.3 cm³/mol. The molecule has 0 aliphatic carbocycles. The van der Waals surface area contributed by atoms with Gasteiger partial charge in [-0.05, 0) is 28.3 Å². The summed E-state index contributed by atoms with van der Waals surface area (Å²) in [5, 5.41) is 2.06. The standard InChI is InChI=1S/C7H10BrNS2/c1-10-4-6(9)7-2-5(8)3-11-7/h2-3,6H,4,9H2,1H3. The summed E-state index contributed by atoms with van der Waals surface area (Å²) in [6.45, 7) is 0. The SMILES string of the molecule is CSCC(N)c1cc(Br)cs1. The number of hydrogen-bond donors (Lipinski definition) is 1. The zero-order valence-electron chi connectivity index (χ0n) is 6.21. The predicted octanol–water partition coefficient (Wildman–Crippen LogP) is 2.87. The summed E-state index contributed by atoms with van der Waals surface area (Å²) in [7, 11) is 0. The van der Waals surface area contributed by atoms with Crippen LogP contribution < -0.4 is 5.73 Å². The third-order valence-electron chi connectivity index (χ3n) is 1.30. The second kappa shape index (κ2) is 4.50. The lowest BCUT2D eigenvalue weighted by molar-refractivity contribution is 0.853. The largest absolute Gasteiger partial charge is 0.323 e. The van der Waals surface area contributed by atoms with Crippen LogP contribution >= 0.6 is 39.0 Å². The Labute approximate surface area is 83.5 Å². The first-order valence-electron chi connectivity index (χ1n) is 3.22. The minimum Gasteiger partial charge on any atom is -0.323 e. The number of rotatable bonds is 3. The van der Waals surface area contributed by atoms with E-state index in [2.05, 4.69) is 33.6 Å². The molecule has 1 atom stereocenters. The summed E-state index contributed by atoms with van der Waals surface area (Å²) in [6.07, 6.45) is 2.07. The molecular weight excluding hydrogens is 242 g/mol. The first-order valence-corrected chi connectivity index (χ1v) is 6.29. The lowest BCUT2D eigenvalue weighted by atomic mass is 10.3. The van der Waals surface area contributed by atoms with Gasteiger partial charge in [0.1, 0.15) is 0 Å². The van der Waals surface area contributed by atoms with Crippen LogP contribution in [0.25, 0.3) is 0 Å². The average molecular weight is 252 g/mol. The first-order chi connectivity index (χ1) is 5.24. The van der Waals surface area contributed by atoms with Gasteiger partial charge in [-0.2, -0.15) is 11.8 Å². The van der Waals surface area contributed by atoms with Crippen LogP contribution in [0.15, 0.2) is 15.9 Å². The molecule has 4 heteroatoms. The van der Waals surface area contributed by atoms with Gasteiger partial charge in [-0.25, -0.2) is 0 Å². The number of thiophene rings is 1. The maximum atomic E-state index is 5.89. The molecule has 1 nitrogen and oxygen atoms in total. The molecule has 0 amide bonds. The molecule has 0 radical (unpaired) electrons. The van der Waals surface area contributed by atoms with E-state index in [4.69, 9.17) is 5.73 Å². The number of hydrogen-bond acceptors (Lipinski definition) is 3. The Hall–Kier alpha value is 0.490. The van der Waals surface area contributed by atoms with Gasteiger partial charge >= 0.3 is 0 Å². The molecule has 0 spiro atoms. The molecular formula is C7H10BrNS2. The van der Waals surface area contributed by atoms with Crippen molar-refractivity contribution in [3.63, 3.8) is 0 Å². The molecule has 1 heterocycles. The molecule has 62 valence electrons. The fourth-order valence-corrected chi connectivity index (χ4v) is 2.88. The molecule has 2 N–H and O–H groups in total.